The van der Waals surface area contributed by atoms with Crippen LogP contribution in [-0.4, -0.2) is 13.1 Å². The summed E-state index contributed by atoms with van der Waals surface area (Å²) >= 11 is 0. The summed E-state index contributed by atoms with van der Waals surface area (Å²) in [6.07, 6.45) is 0. The van der Waals surface area contributed by atoms with Gasteiger partial charge in [0.25, 0.3) is 0 Å². The lowest BCUT2D eigenvalue weighted by Gasteiger charge is -2.37. The zero-order valence-corrected chi connectivity index (χ0v) is 10.4. The molecule has 1 rings (SSSR count). The Kier molecular flexibility index (Phi) is 3.28. The first-order chi connectivity index (χ1) is 6.82. The van der Waals surface area contributed by atoms with Gasteiger partial charge in [0.2, 0.25) is 0 Å². The van der Waals surface area contributed by atoms with Gasteiger partial charge >= 0.3 is 0 Å². The van der Waals surface area contributed by atoms with Crippen molar-refractivity contribution in [2.45, 2.75) is 33.7 Å². The van der Waals surface area contributed by atoms with Crippen LogP contribution in [0.25, 0.3) is 0 Å². The molecule has 0 spiro atoms. The van der Waals surface area contributed by atoms with Gasteiger partial charge in [0.05, 0.1) is 0 Å². The normalized spacial score (nSPS) is 13.7. The largest absolute Gasteiger partial charge is 0.399 e. The number of benzene rings is 1. The highest BCUT2D eigenvalue weighted by Crippen LogP contribution is 2.27. The fraction of sp³-hybridized carbons (Fsp3) is 0.538. The topological polar surface area (TPSA) is 29.3 Å². The summed E-state index contributed by atoms with van der Waals surface area (Å²) in [5.41, 5.74) is 8.04. The highest BCUT2D eigenvalue weighted by Gasteiger charge is 2.23. The lowest BCUT2D eigenvalue weighted by molar-refractivity contribution is 0.330. The molecule has 0 saturated heterocycles. The van der Waals surface area contributed by atoms with Crippen molar-refractivity contribution in [1.29, 1.82) is 0 Å². The van der Waals surface area contributed by atoms with E-state index in [1.165, 1.54) is 5.69 Å². The van der Waals surface area contributed by atoms with Crippen LogP contribution in [0.15, 0.2) is 24.3 Å². The van der Waals surface area contributed by atoms with Crippen LogP contribution in [0.3, 0.4) is 0 Å². The third kappa shape index (κ3) is 2.88. The summed E-state index contributed by atoms with van der Waals surface area (Å²) in [6, 6.07) is 8.50. The first-order valence-electron chi connectivity index (χ1n) is 5.41. The molecule has 2 nitrogen and oxygen atoms in total. The van der Waals surface area contributed by atoms with Crippen molar-refractivity contribution >= 4 is 11.4 Å². The van der Waals surface area contributed by atoms with E-state index >= 15 is 0 Å². The number of nitrogens with zero attached hydrogens (tertiary/aromatic N) is 1. The lowest BCUT2D eigenvalue weighted by atomic mass is 9.87. The van der Waals surface area contributed by atoms with E-state index in [1.54, 1.807) is 0 Å². The average molecular weight is 206 g/mol. The molecule has 0 aromatic heterocycles. The number of hydrogen-bond acceptors (Lipinski definition) is 2. The van der Waals surface area contributed by atoms with Gasteiger partial charge in [0, 0.05) is 24.5 Å². The van der Waals surface area contributed by atoms with Crippen molar-refractivity contribution in [2.75, 3.05) is 17.7 Å². The fourth-order valence-electron chi connectivity index (χ4n) is 1.55. The van der Waals surface area contributed by atoms with Crippen LogP contribution in [0, 0.1) is 5.41 Å². The van der Waals surface area contributed by atoms with Crippen LogP contribution in [0.1, 0.15) is 27.7 Å². The van der Waals surface area contributed by atoms with Crippen LogP contribution < -0.4 is 10.6 Å². The van der Waals surface area contributed by atoms with Crippen LogP contribution in [0.5, 0.6) is 0 Å². The molecule has 0 aliphatic carbocycles. The van der Waals surface area contributed by atoms with Crippen molar-refractivity contribution in [3.05, 3.63) is 24.3 Å². The Morgan fingerprint density at radius 1 is 1.27 bits per heavy atom. The zero-order chi connectivity index (χ0) is 11.6. The first-order valence-corrected chi connectivity index (χ1v) is 5.41. The van der Waals surface area contributed by atoms with E-state index < -0.39 is 0 Å². The van der Waals surface area contributed by atoms with Crippen molar-refractivity contribution in [3.63, 3.8) is 0 Å². The third-order valence-corrected chi connectivity index (χ3v) is 3.11. The van der Waals surface area contributed by atoms with E-state index in [2.05, 4.69) is 45.7 Å². The zero-order valence-electron chi connectivity index (χ0n) is 10.4. The van der Waals surface area contributed by atoms with E-state index in [1.807, 2.05) is 18.2 Å². The molecule has 2 N–H and O–H groups in total. The maximum atomic E-state index is 5.78. The van der Waals surface area contributed by atoms with E-state index in [0.29, 0.717) is 6.04 Å². The highest BCUT2D eigenvalue weighted by molar-refractivity contribution is 5.56. The van der Waals surface area contributed by atoms with Gasteiger partial charge in [-0.2, -0.15) is 0 Å². The Bertz CT molecular complexity index is 326. The van der Waals surface area contributed by atoms with Gasteiger partial charge in [-0.3, -0.25) is 0 Å². The number of nitrogens with two attached hydrogens (primary N) is 1. The molecule has 2 heteroatoms. The maximum Gasteiger partial charge on any atom is 0.0386 e. The highest BCUT2D eigenvalue weighted by atomic mass is 15.1. The number of hydrogen-bond donors (Lipinski definition) is 1. The fourth-order valence-corrected chi connectivity index (χ4v) is 1.55. The Hall–Kier alpha value is -1.18. The summed E-state index contributed by atoms with van der Waals surface area (Å²) in [5.74, 6) is 0. The minimum atomic E-state index is 0.263. The molecule has 0 amide bonds. The monoisotopic (exact) mass is 206 g/mol. The second-order valence-electron chi connectivity index (χ2n) is 5.25. The Balaban J connectivity index is 2.90. The number of rotatable bonds is 2. The molecule has 0 bridgehead atoms. The molecule has 1 atom stereocenters. The predicted molar refractivity (Wildman–Crippen MR) is 68.2 cm³/mol. The van der Waals surface area contributed by atoms with Gasteiger partial charge in [0.1, 0.15) is 0 Å². The molecule has 84 valence electrons. The van der Waals surface area contributed by atoms with Crippen molar-refractivity contribution in [1.82, 2.24) is 0 Å². The van der Waals surface area contributed by atoms with E-state index in [9.17, 15) is 0 Å². The van der Waals surface area contributed by atoms with Gasteiger partial charge in [-0.05, 0) is 30.5 Å². The minimum Gasteiger partial charge on any atom is -0.399 e. The molecule has 1 aromatic carbocycles. The second kappa shape index (κ2) is 4.13. The van der Waals surface area contributed by atoms with Crippen LogP contribution in [0.4, 0.5) is 11.4 Å². The van der Waals surface area contributed by atoms with Crippen molar-refractivity contribution in [3.8, 4) is 0 Å². The third-order valence-electron chi connectivity index (χ3n) is 3.11. The molecule has 0 saturated carbocycles. The van der Waals surface area contributed by atoms with Crippen molar-refractivity contribution < 1.29 is 0 Å². The van der Waals surface area contributed by atoms with Gasteiger partial charge < -0.3 is 10.6 Å². The Labute approximate surface area is 93.1 Å². The molecule has 0 fully saturated rings. The van der Waals surface area contributed by atoms with Crippen LogP contribution in [-0.2, 0) is 0 Å². The molecular formula is C13H22N2. The first kappa shape index (κ1) is 11.9. The standard InChI is InChI=1S/C13H22N2/c1-10(13(2,3)4)15(5)12-8-6-7-11(14)9-12/h6-10H,14H2,1-5H3. The quantitative estimate of drug-likeness (QED) is 0.753. The molecular weight excluding hydrogens is 184 g/mol. The van der Waals surface area contributed by atoms with Gasteiger partial charge in [-0.15, -0.1) is 0 Å². The van der Waals surface area contributed by atoms with E-state index in [4.69, 9.17) is 5.73 Å². The molecule has 1 unspecified atom stereocenters. The summed E-state index contributed by atoms with van der Waals surface area (Å²) in [5, 5.41) is 0. The molecule has 0 radical (unpaired) electrons. The number of anilines is 2. The van der Waals surface area contributed by atoms with Crippen molar-refractivity contribution in [2.24, 2.45) is 5.41 Å². The van der Waals surface area contributed by atoms with Crippen LogP contribution >= 0.6 is 0 Å². The van der Waals surface area contributed by atoms with Gasteiger partial charge in [-0.1, -0.05) is 26.8 Å². The molecule has 15 heavy (non-hydrogen) atoms. The second-order valence-corrected chi connectivity index (χ2v) is 5.25. The van der Waals surface area contributed by atoms with E-state index in [0.717, 1.165) is 5.69 Å². The molecule has 1 aromatic rings. The van der Waals surface area contributed by atoms with E-state index in [-0.39, 0.29) is 5.41 Å². The number of nitrogen functional groups attached to an aromatic ring is 1. The average Bonchev–Trinajstić information content (AvgIpc) is 2.14. The lowest BCUT2D eigenvalue weighted by Crippen LogP contribution is -2.39. The SMILES string of the molecule is CC(N(C)c1cccc(N)c1)C(C)(C)C. The predicted octanol–water partition coefficient (Wildman–Crippen LogP) is 3.14. The summed E-state index contributed by atoms with van der Waals surface area (Å²) < 4.78 is 0. The molecule has 0 aliphatic heterocycles. The molecule has 0 aliphatic rings. The van der Waals surface area contributed by atoms with Gasteiger partial charge in [-0.25, -0.2) is 0 Å². The molecule has 0 heterocycles. The minimum absolute atomic E-state index is 0.263. The summed E-state index contributed by atoms with van der Waals surface area (Å²) in [7, 11) is 2.12. The Morgan fingerprint density at radius 3 is 2.33 bits per heavy atom. The van der Waals surface area contributed by atoms with Gasteiger partial charge in [0.15, 0.2) is 0 Å². The smallest absolute Gasteiger partial charge is 0.0386 e. The Morgan fingerprint density at radius 2 is 1.87 bits per heavy atom. The van der Waals surface area contributed by atoms with Crippen LogP contribution in [0.2, 0.25) is 0 Å². The maximum absolute atomic E-state index is 5.78. The summed E-state index contributed by atoms with van der Waals surface area (Å²) in [6.45, 7) is 8.99. The summed E-state index contributed by atoms with van der Waals surface area (Å²) in [4.78, 5) is 2.27.